The molecule has 94 valence electrons. The van der Waals surface area contributed by atoms with Gasteiger partial charge in [0.2, 0.25) is 0 Å². The second-order valence-electron chi connectivity index (χ2n) is 4.98. The van der Waals surface area contributed by atoms with Gasteiger partial charge >= 0.3 is 0 Å². The van der Waals surface area contributed by atoms with Crippen molar-refractivity contribution in [1.82, 2.24) is 14.7 Å². The Bertz CT molecular complexity index is 420. The number of aromatic nitrogens is 2. The van der Waals surface area contributed by atoms with Gasteiger partial charge < -0.3 is 10.0 Å². The zero-order valence-corrected chi connectivity index (χ0v) is 10.8. The Kier molecular flexibility index (Phi) is 3.64. The Morgan fingerprint density at radius 2 is 2.24 bits per heavy atom. The number of nitrogens with zero attached hydrogens (tertiary/aromatic N) is 3. The Morgan fingerprint density at radius 3 is 2.88 bits per heavy atom. The van der Waals surface area contributed by atoms with Gasteiger partial charge in [0, 0.05) is 25.3 Å². The molecule has 0 atom stereocenters. The third-order valence-corrected chi connectivity index (χ3v) is 3.31. The smallest absolute Gasteiger partial charge is 0.0658 e. The third kappa shape index (κ3) is 2.42. The molecular formula is C13H21N3O. The van der Waals surface area contributed by atoms with Gasteiger partial charge in [-0.05, 0) is 44.5 Å². The molecule has 0 spiro atoms. The van der Waals surface area contributed by atoms with Gasteiger partial charge in [-0.1, -0.05) is 0 Å². The number of hydrogen-bond acceptors (Lipinski definition) is 3. The summed E-state index contributed by atoms with van der Waals surface area (Å²) in [5.41, 5.74) is 3.55. The fraction of sp³-hybridized carbons (Fsp3) is 0.615. The molecule has 2 rings (SSSR count). The van der Waals surface area contributed by atoms with Crippen LogP contribution in [0.5, 0.6) is 0 Å². The van der Waals surface area contributed by atoms with E-state index in [0.717, 1.165) is 30.8 Å². The minimum atomic E-state index is 0.159. The SMILES string of the molecule is CC(C)n1nccc1C1=C(CO)CCN(C)C1. The lowest BCUT2D eigenvalue weighted by Crippen LogP contribution is -2.29. The van der Waals surface area contributed by atoms with Gasteiger partial charge in [-0.3, -0.25) is 4.68 Å². The van der Waals surface area contributed by atoms with Crippen molar-refractivity contribution in [3.8, 4) is 0 Å². The molecule has 4 heteroatoms. The molecule has 1 aliphatic rings. The van der Waals surface area contributed by atoms with Gasteiger partial charge in [0.15, 0.2) is 0 Å². The molecule has 1 aromatic heterocycles. The zero-order valence-electron chi connectivity index (χ0n) is 10.8. The second kappa shape index (κ2) is 5.02. The number of rotatable bonds is 3. The molecule has 4 nitrogen and oxygen atoms in total. The molecule has 0 fully saturated rings. The minimum Gasteiger partial charge on any atom is -0.392 e. The van der Waals surface area contributed by atoms with Crippen molar-refractivity contribution < 1.29 is 5.11 Å². The molecule has 0 aliphatic carbocycles. The van der Waals surface area contributed by atoms with Gasteiger partial charge in [-0.15, -0.1) is 0 Å². The maximum absolute atomic E-state index is 9.47. The average molecular weight is 235 g/mol. The van der Waals surface area contributed by atoms with Crippen LogP contribution >= 0.6 is 0 Å². The highest BCUT2D eigenvalue weighted by Gasteiger charge is 2.20. The fourth-order valence-corrected chi connectivity index (χ4v) is 2.34. The van der Waals surface area contributed by atoms with Crippen molar-refractivity contribution in [3.63, 3.8) is 0 Å². The van der Waals surface area contributed by atoms with Crippen LogP contribution in [-0.4, -0.2) is 46.5 Å². The van der Waals surface area contributed by atoms with E-state index in [4.69, 9.17) is 0 Å². The summed E-state index contributed by atoms with van der Waals surface area (Å²) < 4.78 is 2.03. The first-order valence-corrected chi connectivity index (χ1v) is 6.17. The van der Waals surface area contributed by atoms with E-state index in [1.807, 2.05) is 16.9 Å². The number of aliphatic hydroxyl groups is 1. The molecule has 0 saturated carbocycles. The highest BCUT2D eigenvalue weighted by molar-refractivity contribution is 5.68. The molecule has 1 aromatic rings. The van der Waals surface area contributed by atoms with Crippen molar-refractivity contribution in [2.45, 2.75) is 26.3 Å². The topological polar surface area (TPSA) is 41.3 Å². The van der Waals surface area contributed by atoms with Gasteiger partial charge in [0.25, 0.3) is 0 Å². The predicted molar refractivity (Wildman–Crippen MR) is 68.7 cm³/mol. The monoisotopic (exact) mass is 235 g/mol. The maximum Gasteiger partial charge on any atom is 0.0658 e. The Hall–Kier alpha value is -1.13. The minimum absolute atomic E-state index is 0.159. The van der Waals surface area contributed by atoms with Crippen molar-refractivity contribution in [3.05, 3.63) is 23.5 Å². The van der Waals surface area contributed by atoms with Gasteiger partial charge in [-0.2, -0.15) is 5.10 Å². The van der Waals surface area contributed by atoms with Gasteiger partial charge in [0.1, 0.15) is 0 Å². The Morgan fingerprint density at radius 1 is 1.47 bits per heavy atom. The number of hydrogen-bond donors (Lipinski definition) is 1. The van der Waals surface area contributed by atoms with Crippen molar-refractivity contribution in [1.29, 1.82) is 0 Å². The van der Waals surface area contributed by atoms with E-state index in [1.54, 1.807) is 0 Å². The van der Waals surface area contributed by atoms with Crippen molar-refractivity contribution in [2.24, 2.45) is 0 Å². The normalized spacial score (nSPS) is 18.2. The van der Waals surface area contributed by atoms with Crippen LogP contribution in [-0.2, 0) is 0 Å². The lowest BCUT2D eigenvalue weighted by Gasteiger charge is -2.28. The molecule has 17 heavy (non-hydrogen) atoms. The van der Waals surface area contributed by atoms with E-state index >= 15 is 0 Å². The standard InChI is InChI=1S/C13H21N3O/c1-10(2)16-13(4-6-14-16)12-8-15(3)7-5-11(12)9-17/h4,6,10,17H,5,7-9H2,1-3H3. The van der Waals surface area contributed by atoms with Crippen LogP contribution in [0, 0.1) is 0 Å². The molecule has 1 N–H and O–H groups in total. The van der Waals surface area contributed by atoms with E-state index in [0.29, 0.717) is 6.04 Å². The van der Waals surface area contributed by atoms with E-state index in [-0.39, 0.29) is 6.61 Å². The lowest BCUT2D eigenvalue weighted by molar-refractivity contribution is 0.303. The third-order valence-electron chi connectivity index (χ3n) is 3.31. The maximum atomic E-state index is 9.47. The Labute approximate surface area is 103 Å². The first kappa shape index (κ1) is 12.3. The van der Waals surface area contributed by atoms with Crippen LogP contribution in [0.25, 0.3) is 5.57 Å². The van der Waals surface area contributed by atoms with E-state index < -0.39 is 0 Å². The van der Waals surface area contributed by atoms with Crippen molar-refractivity contribution in [2.75, 3.05) is 26.7 Å². The number of aliphatic hydroxyl groups excluding tert-OH is 1. The van der Waals surface area contributed by atoms with Crippen molar-refractivity contribution >= 4 is 5.57 Å². The summed E-state index contributed by atoms with van der Waals surface area (Å²) in [7, 11) is 2.12. The average Bonchev–Trinajstić information content (AvgIpc) is 2.77. The molecule has 2 heterocycles. The summed E-state index contributed by atoms with van der Waals surface area (Å²) >= 11 is 0. The highest BCUT2D eigenvalue weighted by Crippen LogP contribution is 2.27. The van der Waals surface area contributed by atoms with Crippen LogP contribution < -0.4 is 0 Å². The van der Waals surface area contributed by atoms with E-state index in [1.165, 1.54) is 5.57 Å². The zero-order chi connectivity index (χ0) is 12.4. The summed E-state index contributed by atoms with van der Waals surface area (Å²) in [5, 5.41) is 13.8. The largest absolute Gasteiger partial charge is 0.392 e. The van der Waals surface area contributed by atoms with Crippen LogP contribution in [0.2, 0.25) is 0 Å². The molecule has 1 aliphatic heterocycles. The lowest BCUT2D eigenvalue weighted by atomic mass is 9.98. The van der Waals surface area contributed by atoms with Crippen LogP contribution in [0.4, 0.5) is 0 Å². The van der Waals surface area contributed by atoms with Gasteiger partial charge in [-0.25, -0.2) is 0 Å². The second-order valence-corrected chi connectivity index (χ2v) is 4.98. The summed E-state index contributed by atoms with van der Waals surface area (Å²) in [6.45, 7) is 6.33. The summed E-state index contributed by atoms with van der Waals surface area (Å²) in [5.74, 6) is 0. The molecule has 0 amide bonds. The van der Waals surface area contributed by atoms with Gasteiger partial charge in [0.05, 0.1) is 12.3 Å². The van der Waals surface area contributed by atoms with Crippen LogP contribution in [0.3, 0.4) is 0 Å². The predicted octanol–water partition coefficient (Wildman–Crippen LogP) is 1.55. The van der Waals surface area contributed by atoms with E-state index in [9.17, 15) is 5.11 Å². The molecule has 0 saturated heterocycles. The quantitative estimate of drug-likeness (QED) is 0.864. The summed E-state index contributed by atoms with van der Waals surface area (Å²) in [6.07, 6.45) is 2.79. The van der Waals surface area contributed by atoms with Crippen LogP contribution in [0.15, 0.2) is 17.8 Å². The van der Waals surface area contributed by atoms with Crippen LogP contribution in [0.1, 0.15) is 32.0 Å². The highest BCUT2D eigenvalue weighted by atomic mass is 16.3. The number of likely N-dealkylation sites (N-methyl/N-ethyl adjacent to an activating group) is 1. The first-order chi connectivity index (χ1) is 8.13. The summed E-state index contributed by atoms with van der Waals surface area (Å²) in [4.78, 5) is 2.28. The molecule has 0 unspecified atom stereocenters. The Balaban J connectivity index is 2.42. The molecule has 0 radical (unpaired) electrons. The first-order valence-electron chi connectivity index (χ1n) is 6.17. The van der Waals surface area contributed by atoms with E-state index in [2.05, 4.69) is 30.9 Å². The molecular weight excluding hydrogens is 214 g/mol. The molecule has 0 bridgehead atoms. The summed E-state index contributed by atoms with van der Waals surface area (Å²) in [6, 6.07) is 2.39. The fourth-order valence-electron chi connectivity index (χ4n) is 2.34. The molecule has 0 aromatic carbocycles.